The number of likely N-dealkylation sites (N-methyl/N-ethyl adjacent to an activating group) is 1. The Balaban J connectivity index is 1.94. The predicted octanol–water partition coefficient (Wildman–Crippen LogP) is 1.35. The zero-order chi connectivity index (χ0) is 12.5. The van der Waals surface area contributed by atoms with E-state index in [1.807, 2.05) is 6.07 Å². The van der Waals surface area contributed by atoms with Gasteiger partial charge in [0.25, 0.3) is 0 Å². The molecule has 0 N–H and O–H groups in total. The molecule has 1 fully saturated rings. The number of carbonyl (C=O) groups excluding carboxylic acids is 1. The van der Waals surface area contributed by atoms with Gasteiger partial charge in [-0.1, -0.05) is 0 Å². The van der Waals surface area contributed by atoms with Crippen LogP contribution >= 0.6 is 0 Å². The van der Waals surface area contributed by atoms with Gasteiger partial charge in [-0.3, -0.25) is 4.79 Å². The molecule has 0 aromatic carbocycles. The van der Waals surface area contributed by atoms with Crippen molar-refractivity contribution in [2.75, 3.05) is 20.1 Å². The van der Waals surface area contributed by atoms with Gasteiger partial charge in [0.1, 0.15) is 0 Å². The minimum absolute atomic E-state index is 0.406. The van der Waals surface area contributed by atoms with E-state index in [0.29, 0.717) is 11.5 Å². The van der Waals surface area contributed by atoms with Crippen molar-refractivity contribution in [2.24, 2.45) is 0 Å². The van der Waals surface area contributed by atoms with Gasteiger partial charge in [0.15, 0.2) is 17.8 Å². The van der Waals surface area contributed by atoms with Crippen molar-refractivity contribution >= 4 is 11.9 Å². The topological polar surface area (TPSA) is 50.5 Å². The molecule has 18 heavy (non-hydrogen) atoms. The van der Waals surface area contributed by atoms with E-state index in [9.17, 15) is 4.79 Å². The second kappa shape index (κ2) is 4.49. The number of aldehydes is 1. The number of carbonyl (C=O) groups is 1. The number of hydrogen-bond acceptors (Lipinski definition) is 4. The van der Waals surface area contributed by atoms with E-state index in [0.717, 1.165) is 37.3 Å². The summed E-state index contributed by atoms with van der Waals surface area (Å²) in [5, 5.41) is 4.50. The van der Waals surface area contributed by atoms with Crippen LogP contribution in [-0.2, 0) is 0 Å². The molecule has 1 saturated heterocycles. The van der Waals surface area contributed by atoms with Crippen LogP contribution in [0.2, 0.25) is 0 Å². The van der Waals surface area contributed by atoms with E-state index in [1.54, 1.807) is 16.8 Å². The Labute approximate surface area is 105 Å². The minimum Gasteiger partial charge on any atom is -0.306 e. The second-order valence-electron chi connectivity index (χ2n) is 4.95. The first-order valence-corrected chi connectivity index (χ1v) is 6.26. The Morgan fingerprint density at radius 2 is 2.33 bits per heavy atom. The fourth-order valence-corrected chi connectivity index (χ4v) is 2.54. The highest BCUT2D eigenvalue weighted by molar-refractivity contribution is 5.74. The SMILES string of the molecule is CN1CCCC(c2nc3ccc(C=O)cn3n2)C1. The molecule has 0 amide bonds. The third-order valence-corrected chi connectivity index (χ3v) is 3.50. The molecule has 1 atom stereocenters. The molecule has 94 valence electrons. The summed E-state index contributed by atoms with van der Waals surface area (Å²) in [5.41, 5.74) is 1.43. The van der Waals surface area contributed by atoms with E-state index in [-0.39, 0.29) is 0 Å². The Morgan fingerprint density at radius 1 is 1.44 bits per heavy atom. The fraction of sp³-hybridized carbons (Fsp3) is 0.462. The number of hydrogen-bond donors (Lipinski definition) is 0. The maximum atomic E-state index is 10.7. The van der Waals surface area contributed by atoms with Gasteiger partial charge in [0, 0.05) is 24.2 Å². The monoisotopic (exact) mass is 244 g/mol. The minimum atomic E-state index is 0.406. The lowest BCUT2D eigenvalue weighted by Crippen LogP contribution is -2.31. The van der Waals surface area contributed by atoms with E-state index in [2.05, 4.69) is 22.0 Å². The lowest BCUT2D eigenvalue weighted by molar-refractivity contribution is 0.112. The highest BCUT2D eigenvalue weighted by atomic mass is 16.1. The fourth-order valence-electron chi connectivity index (χ4n) is 2.54. The lowest BCUT2D eigenvalue weighted by Gasteiger charge is -2.27. The number of rotatable bonds is 2. The predicted molar refractivity (Wildman–Crippen MR) is 67.8 cm³/mol. The van der Waals surface area contributed by atoms with Crippen LogP contribution in [0.25, 0.3) is 5.65 Å². The molecular formula is C13H16N4O. The lowest BCUT2D eigenvalue weighted by atomic mass is 9.98. The standard InChI is InChI=1S/C13H16N4O/c1-16-6-2-3-11(8-16)13-14-12-5-4-10(9-18)7-17(12)15-13/h4-5,7,9,11H,2-3,6,8H2,1H3. The summed E-state index contributed by atoms with van der Waals surface area (Å²) in [4.78, 5) is 17.6. The molecule has 5 nitrogen and oxygen atoms in total. The molecule has 1 aliphatic rings. The number of fused-ring (bicyclic) bond motifs is 1. The normalized spacial score (nSPS) is 21.3. The Hall–Kier alpha value is -1.75. The molecule has 5 heteroatoms. The zero-order valence-corrected chi connectivity index (χ0v) is 10.4. The van der Waals surface area contributed by atoms with Gasteiger partial charge < -0.3 is 4.90 Å². The van der Waals surface area contributed by atoms with Crippen LogP contribution in [-0.4, -0.2) is 45.9 Å². The van der Waals surface area contributed by atoms with Crippen molar-refractivity contribution in [1.29, 1.82) is 0 Å². The molecule has 2 aromatic rings. The number of aromatic nitrogens is 3. The smallest absolute Gasteiger partial charge is 0.156 e. The molecule has 0 bridgehead atoms. The van der Waals surface area contributed by atoms with Crippen LogP contribution < -0.4 is 0 Å². The van der Waals surface area contributed by atoms with Crippen molar-refractivity contribution < 1.29 is 4.79 Å². The average molecular weight is 244 g/mol. The summed E-state index contributed by atoms with van der Waals surface area (Å²) in [6.45, 7) is 2.16. The molecule has 1 aliphatic heterocycles. The Bertz CT molecular complexity index is 577. The highest BCUT2D eigenvalue weighted by Crippen LogP contribution is 2.24. The molecule has 0 saturated carbocycles. The summed E-state index contributed by atoms with van der Waals surface area (Å²) < 4.78 is 1.70. The van der Waals surface area contributed by atoms with Crippen molar-refractivity contribution in [2.45, 2.75) is 18.8 Å². The molecular weight excluding hydrogens is 228 g/mol. The average Bonchev–Trinajstić information content (AvgIpc) is 2.81. The molecule has 0 aliphatic carbocycles. The van der Waals surface area contributed by atoms with Crippen molar-refractivity contribution in [3.05, 3.63) is 29.7 Å². The van der Waals surface area contributed by atoms with Crippen LogP contribution in [0.1, 0.15) is 34.9 Å². The summed E-state index contributed by atoms with van der Waals surface area (Å²) in [6, 6.07) is 3.61. The molecule has 0 radical (unpaired) electrons. The van der Waals surface area contributed by atoms with Crippen LogP contribution in [0.5, 0.6) is 0 Å². The first kappa shape index (κ1) is 11.3. The highest BCUT2D eigenvalue weighted by Gasteiger charge is 2.22. The molecule has 0 spiro atoms. The first-order chi connectivity index (χ1) is 8.76. The maximum Gasteiger partial charge on any atom is 0.156 e. The van der Waals surface area contributed by atoms with Crippen LogP contribution in [0, 0.1) is 0 Å². The first-order valence-electron chi connectivity index (χ1n) is 6.26. The van der Waals surface area contributed by atoms with Gasteiger partial charge in [0.05, 0.1) is 0 Å². The largest absolute Gasteiger partial charge is 0.306 e. The number of nitrogens with zero attached hydrogens (tertiary/aromatic N) is 4. The quantitative estimate of drug-likeness (QED) is 0.748. The van der Waals surface area contributed by atoms with Crippen molar-refractivity contribution in [3.8, 4) is 0 Å². The van der Waals surface area contributed by atoms with Gasteiger partial charge in [-0.15, -0.1) is 0 Å². The van der Waals surface area contributed by atoms with Crippen LogP contribution in [0.15, 0.2) is 18.3 Å². The summed E-state index contributed by atoms with van der Waals surface area (Å²) in [7, 11) is 2.13. The van der Waals surface area contributed by atoms with Gasteiger partial charge >= 0.3 is 0 Å². The molecule has 3 heterocycles. The maximum absolute atomic E-state index is 10.7. The third kappa shape index (κ3) is 2.01. The van der Waals surface area contributed by atoms with E-state index in [1.165, 1.54) is 6.42 Å². The second-order valence-corrected chi connectivity index (χ2v) is 4.95. The van der Waals surface area contributed by atoms with Gasteiger partial charge in [-0.2, -0.15) is 5.10 Å². The summed E-state index contributed by atoms with van der Waals surface area (Å²) >= 11 is 0. The Kier molecular flexibility index (Phi) is 2.83. The van der Waals surface area contributed by atoms with E-state index < -0.39 is 0 Å². The van der Waals surface area contributed by atoms with Crippen molar-refractivity contribution in [3.63, 3.8) is 0 Å². The van der Waals surface area contributed by atoms with E-state index in [4.69, 9.17) is 0 Å². The van der Waals surface area contributed by atoms with Gasteiger partial charge in [0.2, 0.25) is 0 Å². The van der Waals surface area contributed by atoms with Gasteiger partial charge in [-0.25, -0.2) is 9.50 Å². The van der Waals surface area contributed by atoms with Crippen LogP contribution in [0.3, 0.4) is 0 Å². The molecule has 2 aromatic heterocycles. The summed E-state index contributed by atoms with van der Waals surface area (Å²) in [5.74, 6) is 1.30. The third-order valence-electron chi connectivity index (χ3n) is 3.50. The number of piperidine rings is 1. The zero-order valence-electron chi connectivity index (χ0n) is 10.4. The Morgan fingerprint density at radius 3 is 3.11 bits per heavy atom. The molecule has 1 unspecified atom stereocenters. The van der Waals surface area contributed by atoms with Crippen molar-refractivity contribution in [1.82, 2.24) is 19.5 Å². The van der Waals surface area contributed by atoms with E-state index >= 15 is 0 Å². The molecule has 3 rings (SSSR count). The number of likely N-dealkylation sites (tertiary alicyclic amines) is 1. The van der Waals surface area contributed by atoms with Gasteiger partial charge in [-0.05, 0) is 38.6 Å². The number of pyridine rings is 1. The summed E-state index contributed by atoms with van der Waals surface area (Å²) in [6.07, 6.45) is 4.89. The van der Waals surface area contributed by atoms with Crippen LogP contribution in [0.4, 0.5) is 0 Å².